The lowest BCUT2D eigenvalue weighted by Crippen LogP contribution is -2.36. The van der Waals surface area contributed by atoms with E-state index in [0.717, 1.165) is 34.8 Å². The number of aliphatic hydroxyl groups excluding tert-OH is 1. The van der Waals surface area contributed by atoms with Crippen molar-refractivity contribution in [2.75, 3.05) is 18.5 Å². The molecule has 1 aromatic carbocycles. The second-order valence-electron chi connectivity index (χ2n) is 12.5. The Hall–Kier alpha value is -4.58. The van der Waals surface area contributed by atoms with Gasteiger partial charge in [0.1, 0.15) is 23.5 Å². The van der Waals surface area contributed by atoms with E-state index in [1.54, 1.807) is 6.07 Å². The van der Waals surface area contributed by atoms with Gasteiger partial charge in [0.2, 0.25) is 5.82 Å². The van der Waals surface area contributed by atoms with Crippen molar-refractivity contribution in [2.45, 2.75) is 71.4 Å². The first kappa shape index (κ1) is 30.9. The summed E-state index contributed by atoms with van der Waals surface area (Å²) in [5.41, 5.74) is 2.97. The number of nitrogens with zero attached hydrogens (tertiary/aromatic N) is 5. The van der Waals surface area contributed by atoms with E-state index >= 15 is 0 Å². The lowest BCUT2D eigenvalue weighted by Gasteiger charge is -2.32. The number of aliphatic hydroxyl groups is 1. The Balaban J connectivity index is 1.31. The van der Waals surface area contributed by atoms with Gasteiger partial charge in [-0.25, -0.2) is 14.8 Å². The zero-order chi connectivity index (χ0) is 31.4. The lowest BCUT2D eigenvalue weighted by molar-refractivity contribution is 0.0934. The second kappa shape index (κ2) is 13.0. The molecular weight excluding hydrogens is 560 g/mol. The van der Waals surface area contributed by atoms with Crippen LogP contribution in [0.15, 0.2) is 48.7 Å². The van der Waals surface area contributed by atoms with Gasteiger partial charge in [-0.3, -0.25) is 14.5 Å². The van der Waals surface area contributed by atoms with Gasteiger partial charge in [0.25, 0.3) is 5.91 Å². The molecule has 0 unspecified atom stereocenters. The average Bonchev–Trinajstić information content (AvgIpc) is 3.37. The molecule has 5 rings (SSSR count). The van der Waals surface area contributed by atoms with Crippen LogP contribution in [0.2, 0.25) is 0 Å². The van der Waals surface area contributed by atoms with Gasteiger partial charge in [0.15, 0.2) is 5.65 Å². The molecule has 0 bridgehead atoms. The van der Waals surface area contributed by atoms with Crippen molar-refractivity contribution < 1.29 is 19.4 Å². The Morgan fingerprint density at radius 1 is 1.07 bits per heavy atom. The summed E-state index contributed by atoms with van der Waals surface area (Å²) in [5, 5.41) is 26.1. The normalized spacial score (nSPS) is 16.4. The van der Waals surface area contributed by atoms with Gasteiger partial charge in [-0.15, -0.1) is 10.2 Å². The Morgan fingerprint density at radius 2 is 1.84 bits per heavy atom. The van der Waals surface area contributed by atoms with Crippen molar-refractivity contribution in [2.24, 2.45) is 5.92 Å². The van der Waals surface area contributed by atoms with Crippen LogP contribution < -0.4 is 20.7 Å². The van der Waals surface area contributed by atoms with Crippen molar-refractivity contribution >= 4 is 23.4 Å². The van der Waals surface area contributed by atoms with Crippen LogP contribution in [0.3, 0.4) is 0 Å². The van der Waals surface area contributed by atoms with Crippen LogP contribution in [0.4, 0.5) is 10.6 Å². The van der Waals surface area contributed by atoms with Crippen molar-refractivity contribution in [1.29, 1.82) is 0 Å². The number of ether oxygens (including phenoxy) is 1. The Morgan fingerprint density at radius 3 is 2.57 bits per heavy atom. The SMILES string of the molecule is CC(C)Cc1nnc2ccc(O[C@@H]3CC[C@H](NC(=O)Nc4cc(C(C)(C)C)nc(C(=O)NCCO)n4)c4ccccc43)cn12. The van der Waals surface area contributed by atoms with Crippen molar-refractivity contribution in [3.63, 3.8) is 0 Å². The van der Waals surface area contributed by atoms with Crippen molar-refractivity contribution in [1.82, 2.24) is 35.2 Å². The number of nitrogens with one attached hydrogen (secondary N) is 3. The van der Waals surface area contributed by atoms with Gasteiger partial charge in [-0.1, -0.05) is 58.9 Å². The first-order valence-electron chi connectivity index (χ1n) is 15.0. The fourth-order valence-electron chi connectivity index (χ4n) is 5.24. The molecule has 1 aliphatic rings. The predicted octanol–water partition coefficient (Wildman–Crippen LogP) is 4.51. The Kier molecular flexibility index (Phi) is 9.09. The summed E-state index contributed by atoms with van der Waals surface area (Å²) in [5.74, 6) is 1.68. The third-order valence-corrected chi connectivity index (χ3v) is 7.39. The minimum absolute atomic E-state index is 0.0749. The minimum Gasteiger partial charge on any atom is -0.484 e. The molecule has 3 amide bonds. The van der Waals surface area contributed by atoms with E-state index in [9.17, 15) is 9.59 Å². The molecule has 44 heavy (non-hydrogen) atoms. The molecule has 1 aliphatic carbocycles. The minimum atomic E-state index is -0.527. The third kappa shape index (κ3) is 7.13. The fraction of sp³-hybridized carbons (Fsp3) is 0.438. The van der Waals surface area contributed by atoms with Gasteiger partial charge < -0.3 is 20.5 Å². The standard InChI is InChI=1S/C32H40N8O4/c1-19(2)16-28-39-38-27-13-10-20(18-40(27)28)44-24-12-11-23(21-8-6-7-9-22(21)24)34-31(43)37-26-17-25(32(3,4)5)35-29(36-26)30(42)33-14-15-41/h6-10,13,17-19,23-24,41H,11-12,14-16H2,1-5H3,(H,33,42)(H2,34,35,36,37,43)/t23-,24+/m0/s1. The number of rotatable bonds is 9. The second-order valence-corrected chi connectivity index (χ2v) is 12.5. The van der Waals surface area contributed by atoms with E-state index in [0.29, 0.717) is 24.5 Å². The molecule has 0 spiro atoms. The highest BCUT2D eigenvalue weighted by molar-refractivity contribution is 5.92. The molecule has 0 radical (unpaired) electrons. The largest absolute Gasteiger partial charge is 0.484 e. The van der Waals surface area contributed by atoms with Crippen molar-refractivity contribution in [3.8, 4) is 5.75 Å². The zero-order valence-electron chi connectivity index (χ0n) is 25.8. The van der Waals surface area contributed by atoms with Gasteiger partial charge in [-0.05, 0) is 42.0 Å². The van der Waals surface area contributed by atoms with Crippen LogP contribution in [0, 0.1) is 5.92 Å². The predicted molar refractivity (Wildman–Crippen MR) is 166 cm³/mol. The van der Waals surface area contributed by atoms with E-state index in [4.69, 9.17) is 9.84 Å². The molecule has 4 N–H and O–H groups in total. The lowest BCUT2D eigenvalue weighted by atomic mass is 9.85. The van der Waals surface area contributed by atoms with Crippen LogP contribution in [-0.4, -0.2) is 54.8 Å². The van der Waals surface area contributed by atoms with Crippen LogP contribution >= 0.6 is 0 Å². The summed E-state index contributed by atoms with van der Waals surface area (Å²) in [4.78, 5) is 34.4. The van der Waals surface area contributed by atoms with E-state index in [1.165, 1.54) is 0 Å². The first-order chi connectivity index (χ1) is 21.0. The number of hydrogen-bond acceptors (Lipinski definition) is 8. The summed E-state index contributed by atoms with van der Waals surface area (Å²) < 4.78 is 8.49. The third-order valence-electron chi connectivity index (χ3n) is 7.39. The summed E-state index contributed by atoms with van der Waals surface area (Å²) in [6, 6.07) is 12.8. The van der Waals surface area contributed by atoms with Gasteiger partial charge in [-0.2, -0.15) is 0 Å². The van der Waals surface area contributed by atoms with Gasteiger partial charge >= 0.3 is 6.03 Å². The number of carbonyl (C=O) groups excluding carboxylic acids is 2. The highest BCUT2D eigenvalue weighted by atomic mass is 16.5. The number of amides is 3. The number of benzene rings is 1. The molecule has 232 valence electrons. The topological polar surface area (TPSA) is 156 Å². The number of carbonyl (C=O) groups is 2. The van der Waals surface area contributed by atoms with E-state index in [-0.39, 0.29) is 36.9 Å². The Bertz CT molecular complexity index is 1650. The quantitative estimate of drug-likeness (QED) is 0.219. The number of fused-ring (bicyclic) bond motifs is 2. The summed E-state index contributed by atoms with van der Waals surface area (Å²) in [6.45, 7) is 10.1. The molecular formula is C32H40N8O4. The number of pyridine rings is 1. The van der Waals surface area contributed by atoms with Crippen LogP contribution in [-0.2, 0) is 11.8 Å². The number of aromatic nitrogens is 5. The monoisotopic (exact) mass is 600 g/mol. The summed E-state index contributed by atoms with van der Waals surface area (Å²) in [7, 11) is 0. The Labute approximate surface area is 256 Å². The van der Waals surface area contributed by atoms with Crippen LogP contribution in [0.5, 0.6) is 5.75 Å². The van der Waals surface area contributed by atoms with E-state index in [2.05, 4.69) is 50.0 Å². The highest BCUT2D eigenvalue weighted by Crippen LogP contribution is 2.39. The molecule has 3 aromatic heterocycles. The fourth-order valence-corrected chi connectivity index (χ4v) is 5.24. The van der Waals surface area contributed by atoms with Crippen molar-refractivity contribution in [3.05, 3.63) is 77.1 Å². The highest BCUT2D eigenvalue weighted by Gasteiger charge is 2.30. The van der Waals surface area contributed by atoms with Crippen LogP contribution in [0.1, 0.15) is 92.9 Å². The molecule has 0 aliphatic heterocycles. The molecule has 12 nitrogen and oxygen atoms in total. The van der Waals surface area contributed by atoms with E-state index < -0.39 is 17.4 Å². The van der Waals surface area contributed by atoms with E-state index in [1.807, 2.05) is 67.8 Å². The van der Waals surface area contributed by atoms with Gasteiger partial charge in [0.05, 0.1) is 24.5 Å². The molecule has 2 atom stereocenters. The van der Waals surface area contributed by atoms with Crippen LogP contribution in [0.25, 0.3) is 5.65 Å². The molecule has 3 heterocycles. The smallest absolute Gasteiger partial charge is 0.320 e. The maximum atomic E-state index is 13.2. The molecule has 0 fully saturated rings. The maximum absolute atomic E-state index is 13.2. The summed E-state index contributed by atoms with van der Waals surface area (Å²) >= 11 is 0. The first-order valence-corrected chi connectivity index (χ1v) is 15.0. The number of hydrogen-bond donors (Lipinski definition) is 4. The van der Waals surface area contributed by atoms with Gasteiger partial charge in [0, 0.05) is 24.4 Å². The molecule has 12 heteroatoms. The number of anilines is 1. The number of urea groups is 1. The zero-order valence-corrected chi connectivity index (χ0v) is 25.8. The summed E-state index contributed by atoms with van der Waals surface area (Å²) in [6.07, 6.45) is 3.92. The average molecular weight is 601 g/mol. The molecule has 4 aromatic rings. The molecule has 0 saturated carbocycles. The molecule has 0 saturated heterocycles. The maximum Gasteiger partial charge on any atom is 0.320 e.